The molecule has 0 spiro atoms. The Balaban J connectivity index is 1.77. The molecule has 0 radical (unpaired) electrons. The normalized spacial score (nSPS) is 24.4. The summed E-state index contributed by atoms with van der Waals surface area (Å²) in [5, 5.41) is 0.450. The molecule has 2 heteroatoms. The van der Waals surface area contributed by atoms with Crippen LogP contribution in [0.4, 0.5) is 0 Å². The van der Waals surface area contributed by atoms with E-state index in [2.05, 4.69) is 54.6 Å². The number of thioether (sulfide) groups is 1. The van der Waals surface area contributed by atoms with E-state index in [9.17, 15) is 4.79 Å². The van der Waals surface area contributed by atoms with Gasteiger partial charge < -0.3 is 0 Å². The SMILES string of the molecule is O=C1CCCC2=C1C(c1ccccc1)CC(c1ccccc1)S2. The molecule has 0 saturated carbocycles. The fourth-order valence-electron chi connectivity index (χ4n) is 3.76. The Kier molecular flexibility index (Phi) is 4.09. The van der Waals surface area contributed by atoms with Gasteiger partial charge in [-0.3, -0.25) is 4.79 Å². The zero-order chi connectivity index (χ0) is 15.6. The van der Waals surface area contributed by atoms with Crippen LogP contribution in [0.25, 0.3) is 0 Å². The van der Waals surface area contributed by atoms with Crippen molar-refractivity contribution < 1.29 is 4.79 Å². The van der Waals surface area contributed by atoms with Gasteiger partial charge in [-0.05, 0) is 35.3 Å². The van der Waals surface area contributed by atoms with E-state index >= 15 is 0 Å². The molecule has 0 aromatic heterocycles. The van der Waals surface area contributed by atoms with Gasteiger partial charge in [0.05, 0.1) is 0 Å². The molecule has 0 fully saturated rings. The number of allylic oxidation sites excluding steroid dienone is 2. The highest BCUT2D eigenvalue weighted by molar-refractivity contribution is 8.03. The predicted molar refractivity (Wildman–Crippen MR) is 96.5 cm³/mol. The molecule has 0 bridgehead atoms. The topological polar surface area (TPSA) is 17.1 Å². The minimum Gasteiger partial charge on any atom is -0.295 e. The second-order valence-electron chi connectivity index (χ2n) is 6.33. The van der Waals surface area contributed by atoms with Crippen molar-refractivity contribution in [3.05, 3.63) is 82.3 Å². The Morgan fingerprint density at radius 3 is 2.17 bits per heavy atom. The minimum atomic E-state index is 0.255. The lowest BCUT2D eigenvalue weighted by molar-refractivity contribution is -0.116. The van der Waals surface area contributed by atoms with Gasteiger partial charge in [0.2, 0.25) is 0 Å². The number of ketones is 1. The van der Waals surface area contributed by atoms with Crippen molar-refractivity contribution in [1.29, 1.82) is 0 Å². The summed E-state index contributed by atoms with van der Waals surface area (Å²) in [6, 6.07) is 21.3. The minimum absolute atomic E-state index is 0.255. The first kappa shape index (κ1) is 14.8. The van der Waals surface area contributed by atoms with Crippen molar-refractivity contribution in [2.24, 2.45) is 0 Å². The van der Waals surface area contributed by atoms with E-state index in [-0.39, 0.29) is 5.92 Å². The molecule has 1 aliphatic heterocycles. The van der Waals surface area contributed by atoms with E-state index in [1.807, 2.05) is 17.8 Å². The van der Waals surface area contributed by atoms with Crippen LogP contribution in [0.1, 0.15) is 48.0 Å². The average Bonchev–Trinajstić information content (AvgIpc) is 2.62. The van der Waals surface area contributed by atoms with E-state index in [0.717, 1.165) is 31.3 Å². The molecule has 4 rings (SSSR count). The maximum Gasteiger partial charge on any atom is 0.160 e. The molecular weight excluding hydrogens is 300 g/mol. The van der Waals surface area contributed by atoms with Gasteiger partial charge in [-0.2, -0.15) is 0 Å². The zero-order valence-corrected chi connectivity index (χ0v) is 13.9. The van der Waals surface area contributed by atoms with E-state index in [1.165, 1.54) is 16.0 Å². The van der Waals surface area contributed by atoms with Crippen LogP contribution in [0.3, 0.4) is 0 Å². The number of hydrogen-bond acceptors (Lipinski definition) is 2. The van der Waals surface area contributed by atoms with Crippen molar-refractivity contribution in [3.8, 4) is 0 Å². The van der Waals surface area contributed by atoms with Crippen LogP contribution < -0.4 is 0 Å². The number of carbonyl (C=O) groups excluding carboxylic acids is 1. The largest absolute Gasteiger partial charge is 0.295 e. The summed E-state index contributed by atoms with van der Waals surface area (Å²) >= 11 is 1.93. The Bertz CT molecular complexity index is 733. The van der Waals surface area contributed by atoms with Gasteiger partial charge in [0, 0.05) is 23.2 Å². The highest BCUT2D eigenvalue weighted by Gasteiger charge is 2.36. The molecule has 116 valence electrons. The highest BCUT2D eigenvalue weighted by Crippen LogP contribution is 2.53. The predicted octanol–water partition coefficient (Wildman–Crippen LogP) is 5.66. The van der Waals surface area contributed by atoms with Gasteiger partial charge in [0.25, 0.3) is 0 Å². The van der Waals surface area contributed by atoms with Crippen molar-refractivity contribution in [2.75, 3.05) is 0 Å². The Morgan fingerprint density at radius 1 is 0.826 bits per heavy atom. The van der Waals surface area contributed by atoms with E-state index in [4.69, 9.17) is 0 Å². The van der Waals surface area contributed by atoms with Gasteiger partial charge in [0.1, 0.15) is 0 Å². The number of benzene rings is 2. The third-order valence-corrected chi connectivity index (χ3v) is 6.32. The van der Waals surface area contributed by atoms with E-state index in [1.54, 1.807) is 0 Å². The lowest BCUT2D eigenvalue weighted by Crippen LogP contribution is -2.22. The fraction of sp³-hybridized carbons (Fsp3) is 0.286. The number of hydrogen-bond donors (Lipinski definition) is 0. The number of Topliss-reactive ketones (excluding diaryl/α,β-unsaturated/α-hetero) is 1. The van der Waals surface area contributed by atoms with Crippen molar-refractivity contribution in [2.45, 2.75) is 36.9 Å². The van der Waals surface area contributed by atoms with Crippen LogP contribution in [0.15, 0.2) is 71.1 Å². The molecule has 0 N–H and O–H groups in total. The van der Waals surface area contributed by atoms with Crippen LogP contribution in [-0.2, 0) is 4.79 Å². The van der Waals surface area contributed by atoms with Crippen LogP contribution in [0.2, 0.25) is 0 Å². The molecule has 2 aliphatic rings. The monoisotopic (exact) mass is 320 g/mol. The molecule has 2 unspecified atom stereocenters. The maximum absolute atomic E-state index is 12.6. The van der Waals surface area contributed by atoms with Crippen LogP contribution in [-0.4, -0.2) is 5.78 Å². The molecule has 0 amide bonds. The summed E-state index contributed by atoms with van der Waals surface area (Å²) in [5.41, 5.74) is 3.78. The first-order chi connectivity index (χ1) is 11.3. The third-order valence-electron chi connectivity index (χ3n) is 4.86. The van der Waals surface area contributed by atoms with Gasteiger partial charge >= 0.3 is 0 Å². The molecule has 0 saturated heterocycles. The van der Waals surface area contributed by atoms with Crippen LogP contribution in [0.5, 0.6) is 0 Å². The highest BCUT2D eigenvalue weighted by atomic mass is 32.2. The quantitative estimate of drug-likeness (QED) is 0.710. The summed E-state index contributed by atoms with van der Waals surface area (Å²) in [5.74, 6) is 0.629. The molecule has 2 aromatic carbocycles. The fourth-order valence-corrected chi connectivity index (χ4v) is 5.33. The number of carbonyl (C=O) groups is 1. The van der Waals surface area contributed by atoms with Crippen molar-refractivity contribution >= 4 is 17.5 Å². The van der Waals surface area contributed by atoms with Crippen LogP contribution in [0, 0.1) is 0 Å². The average molecular weight is 320 g/mol. The second-order valence-corrected chi connectivity index (χ2v) is 7.63. The van der Waals surface area contributed by atoms with Crippen molar-refractivity contribution in [1.82, 2.24) is 0 Å². The summed E-state index contributed by atoms with van der Waals surface area (Å²) in [7, 11) is 0. The van der Waals surface area contributed by atoms with Gasteiger partial charge in [0.15, 0.2) is 5.78 Å². The molecule has 1 aliphatic carbocycles. The summed E-state index contributed by atoms with van der Waals surface area (Å²) in [6.45, 7) is 0. The first-order valence-electron chi connectivity index (χ1n) is 8.35. The summed E-state index contributed by atoms with van der Waals surface area (Å²) in [6.07, 6.45) is 3.81. The summed E-state index contributed by atoms with van der Waals surface area (Å²) in [4.78, 5) is 13.9. The molecule has 1 nitrogen and oxygen atoms in total. The number of rotatable bonds is 2. The van der Waals surface area contributed by atoms with Gasteiger partial charge in [-0.1, -0.05) is 60.7 Å². The standard InChI is InChI=1S/C21H20OS/c22-18-12-7-13-19-21(18)17(15-8-3-1-4-9-15)14-20(23-19)16-10-5-2-6-11-16/h1-6,8-11,17,20H,7,12-14H2. The first-order valence-corrected chi connectivity index (χ1v) is 9.23. The van der Waals surface area contributed by atoms with Crippen LogP contribution >= 0.6 is 11.8 Å². The second kappa shape index (κ2) is 6.37. The Hall–Kier alpha value is -1.80. The Labute approximate surface area is 141 Å². The third kappa shape index (κ3) is 2.88. The van der Waals surface area contributed by atoms with Gasteiger partial charge in [-0.15, -0.1) is 11.8 Å². The smallest absolute Gasteiger partial charge is 0.160 e. The van der Waals surface area contributed by atoms with Crippen molar-refractivity contribution in [3.63, 3.8) is 0 Å². The van der Waals surface area contributed by atoms with E-state index < -0.39 is 0 Å². The Morgan fingerprint density at radius 2 is 1.48 bits per heavy atom. The molecule has 1 heterocycles. The summed E-state index contributed by atoms with van der Waals surface area (Å²) < 4.78 is 0. The molecule has 2 atom stereocenters. The zero-order valence-electron chi connectivity index (χ0n) is 13.1. The lowest BCUT2D eigenvalue weighted by atomic mass is 9.80. The molecule has 2 aromatic rings. The lowest BCUT2D eigenvalue weighted by Gasteiger charge is -2.35. The van der Waals surface area contributed by atoms with Gasteiger partial charge in [-0.25, -0.2) is 0 Å². The molecule has 23 heavy (non-hydrogen) atoms. The maximum atomic E-state index is 12.6. The molecular formula is C21H20OS. The van der Waals surface area contributed by atoms with E-state index in [0.29, 0.717) is 11.0 Å².